The number of rotatable bonds is 1. The Morgan fingerprint density at radius 1 is 0.963 bits per heavy atom. The molecule has 0 amide bonds. The normalized spacial score (nSPS) is 45.6. The number of hydrogen-bond acceptors (Lipinski definition) is 3. The van der Waals surface area contributed by atoms with Crippen LogP contribution in [0.5, 0.6) is 0 Å². The van der Waals surface area contributed by atoms with E-state index in [9.17, 15) is 9.59 Å². The number of ketones is 2. The molecule has 4 rings (SSSR count). The van der Waals surface area contributed by atoms with Crippen molar-refractivity contribution < 1.29 is 19.5 Å². The maximum Gasteiger partial charge on any atom is 0.300 e. The number of hydrogen-bond donors (Lipinski definition) is 1. The molecule has 0 spiro atoms. The quantitative estimate of drug-likeness (QED) is 0.707. The fourth-order valence-electron chi connectivity index (χ4n) is 7.78. The summed E-state index contributed by atoms with van der Waals surface area (Å²) < 4.78 is 0. The smallest absolute Gasteiger partial charge is 0.300 e. The first-order valence-electron chi connectivity index (χ1n) is 10.8. The van der Waals surface area contributed by atoms with E-state index in [4.69, 9.17) is 9.90 Å². The van der Waals surface area contributed by atoms with Crippen LogP contribution in [0.4, 0.5) is 0 Å². The number of Topliss-reactive ketones (excluding diaryl/α,β-unsaturated/α-hetero) is 2. The van der Waals surface area contributed by atoms with Crippen LogP contribution in [0, 0.1) is 40.4 Å². The molecule has 0 heterocycles. The molecule has 4 fully saturated rings. The minimum atomic E-state index is -0.833. The van der Waals surface area contributed by atoms with Crippen LogP contribution in [0.1, 0.15) is 85.5 Å². The van der Waals surface area contributed by atoms with Crippen LogP contribution < -0.4 is 0 Å². The highest BCUT2D eigenvalue weighted by Gasteiger charge is 2.63. The third kappa shape index (κ3) is 3.38. The number of carboxylic acids is 1. The molecule has 0 aliphatic heterocycles. The highest BCUT2D eigenvalue weighted by Crippen LogP contribution is 2.66. The summed E-state index contributed by atoms with van der Waals surface area (Å²) in [5.41, 5.74) is 0.218. The molecule has 0 bridgehead atoms. The van der Waals surface area contributed by atoms with Gasteiger partial charge in [0.05, 0.1) is 0 Å². The van der Waals surface area contributed by atoms with Crippen LogP contribution in [-0.2, 0) is 14.4 Å². The van der Waals surface area contributed by atoms with Gasteiger partial charge in [-0.2, -0.15) is 0 Å². The van der Waals surface area contributed by atoms with Gasteiger partial charge in [-0.05, 0) is 74.0 Å². The molecular formula is C23H36O4. The SMILES string of the molecule is CC(=O)O.CC(=O)[C@H]1CCC2C3CCC4CCCC[C@]4(C)C3C(=O)C[C@@]21C. The summed E-state index contributed by atoms with van der Waals surface area (Å²) in [5, 5.41) is 7.42. The minimum Gasteiger partial charge on any atom is -0.481 e. The fraction of sp³-hybridized carbons (Fsp3) is 0.870. The van der Waals surface area contributed by atoms with E-state index in [0.29, 0.717) is 35.7 Å². The van der Waals surface area contributed by atoms with Crippen molar-refractivity contribution in [3.05, 3.63) is 0 Å². The second-order valence-electron chi connectivity index (χ2n) is 10.2. The first-order chi connectivity index (χ1) is 12.6. The monoisotopic (exact) mass is 376 g/mol. The van der Waals surface area contributed by atoms with Crippen LogP contribution in [-0.4, -0.2) is 22.6 Å². The highest BCUT2D eigenvalue weighted by atomic mass is 16.4. The lowest BCUT2D eigenvalue weighted by molar-refractivity contribution is -0.158. The van der Waals surface area contributed by atoms with Crippen LogP contribution in [0.15, 0.2) is 0 Å². The van der Waals surface area contributed by atoms with Crippen molar-refractivity contribution in [3.8, 4) is 0 Å². The Labute approximate surface area is 163 Å². The lowest BCUT2D eigenvalue weighted by Gasteiger charge is -2.59. The zero-order chi connectivity index (χ0) is 20.0. The molecule has 4 nitrogen and oxygen atoms in total. The van der Waals surface area contributed by atoms with E-state index >= 15 is 0 Å². The minimum absolute atomic E-state index is 0.0397. The molecule has 4 saturated carbocycles. The van der Waals surface area contributed by atoms with Crippen LogP contribution in [0.3, 0.4) is 0 Å². The van der Waals surface area contributed by atoms with Crippen LogP contribution in [0.2, 0.25) is 0 Å². The standard InChI is InChI=1S/C21H32O2.C2H4O2/c1-13(22)16-9-10-17-15-8-7-14-6-4-5-11-20(14,2)19(15)18(23)12-21(16,17)3;1-2(3)4/h14-17,19H,4-12H2,1-3H3;1H3,(H,3,4)/t14?,15?,16-,17?,19?,20+,21-;/m1./s1. The third-order valence-electron chi connectivity index (χ3n) is 8.76. The summed E-state index contributed by atoms with van der Waals surface area (Å²) in [6, 6.07) is 0. The maximum absolute atomic E-state index is 13.3. The highest BCUT2D eigenvalue weighted by molar-refractivity contribution is 5.87. The predicted octanol–water partition coefficient (Wildman–Crippen LogP) is 4.89. The van der Waals surface area contributed by atoms with E-state index in [1.807, 2.05) is 0 Å². The molecule has 0 saturated heterocycles. The van der Waals surface area contributed by atoms with Crippen molar-refractivity contribution in [3.63, 3.8) is 0 Å². The Bertz CT molecular complexity index is 622. The number of fused-ring (bicyclic) bond motifs is 5. The lowest BCUT2D eigenvalue weighted by atomic mass is 9.44. The molecule has 0 aromatic heterocycles. The Morgan fingerprint density at radius 3 is 2.26 bits per heavy atom. The summed E-state index contributed by atoms with van der Waals surface area (Å²) in [7, 11) is 0. The molecule has 4 unspecified atom stereocenters. The second-order valence-corrected chi connectivity index (χ2v) is 10.2. The molecule has 0 radical (unpaired) electrons. The topological polar surface area (TPSA) is 71.4 Å². The Morgan fingerprint density at radius 2 is 1.63 bits per heavy atom. The van der Waals surface area contributed by atoms with Crippen molar-refractivity contribution in [2.45, 2.75) is 85.5 Å². The van der Waals surface area contributed by atoms with E-state index < -0.39 is 5.97 Å². The van der Waals surface area contributed by atoms with Crippen molar-refractivity contribution in [1.82, 2.24) is 0 Å². The van der Waals surface area contributed by atoms with E-state index in [2.05, 4.69) is 13.8 Å². The molecular weight excluding hydrogens is 340 g/mol. The van der Waals surface area contributed by atoms with Gasteiger partial charge in [-0.3, -0.25) is 14.4 Å². The molecule has 4 aliphatic carbocycles. The van der Waals surface area contributed by atoms with Crippen LogP contribution >= 0.6 is 0 Å². The van der Waals surface area contributed by atoms with Crippen molar-refractivity contribution in [2.75, 3.05) is 0 Å². The number of carbonyl (C=O) groups excluding carboxylic acids is 2. The van der Waals surface area contributed by atoms with Crippen molar-refractivity contribution in [1.29, 1.82) is 0 Å². The van der Waals surface area contributed by atoms with Crippen molar-refractivity contribution in [2.24, 2.45) is 40.4 Å². The third-order valence-corrected chi connectivity index (χ3v) is 8.76. The second kappa shape index (κ2) is 7.33. The summed E-state index contributed by atoms with van der Waals surface area (Å²) >= 11 is 0. The predicted molar refractivity (Wildman–Crippen MR) is 104 cm³/mol. The average Bonchev–Trinajstić information content (AvgIpc) is 2.90. The van der Waals surface area contributed by atoms with Gasteiger partial charge in [0, 0.05) is 25.2 Å². The molecule has 0 aromatic rings. The maximum atomic E-state index is 13.3. The van der Waals surface area contributed by atoms with E-state index in [-0.39, 0.29) is 16.7 Å². The van der Waals surface area contributed by atoms with Crippen LogP contribution in [0.25, 0.3) is 0 Å². The van der Waals surface area contributed by atoms with E-state index in [1.165, 1.54) is 44.9 Å². The fourth-order valence-corrected chi connectivity index (χ4v) is 7.78. The lowest BCUT2D eigenvalue weighted by Crippen LogP contribution is -2.57. The van der Waals surface area contributed by atoms with Gasteiger partial charge in [-0.15, -0.1) is 0 Å². The van der Waals surface area contributed by atoms with E-state index in [1.54, 1.807) is 6.92 Å². The van der Waals surface area contributed by atoms with Gasteiger partial charge in [0.1, 0.15) is 11.6 Å². The van der Waals surface area contributed by atoms with Gasteiger partial charge < -0.3 is 5.11 Å². The average molecular weight is 377 g/mol. The first kappa shape index (κ1) is 20.5. The zero-order valence-corrected chi connectivity index (χ0v) is 17.4. The largest absolute Gasteiger partial charge is 0.481 e. The number of carbonyl (C=O) groups is 3. The summed E-state index contributed by atoms with van der Waals surface area (Å²) in [6.45, 7) is 7.53. The summed E-state index contributed by atoms with van der Waals surface area (Å²) in [4.78, 5) is 34.4. The molecule has 152 valence electrons. The number of carboxylic acid groups (broad SMARTS) is 1. The summed E-state index contributed by atoms with van der Waals surface area (Å²) in [6.07, 6.45) is 10.7. The van der Waals surface area contributed by atoms with Gasteiger partial charge in [0.15, 0.2) is 0 Å². The molecule has 1 N–H and O–H groups in total. The molecule has 4 heteroatoms. The molecule has 4 aliphatic rings. The summed E-state index contributed by atoms with van der Waals surface area (Å²) in [5.74, 6) is 2.37. The Hall–Kier alpha value is -1.19. The van der Waals surface area contributed by atoms with Gasteiger partial charge in [-0.1, -0.05) is 26.7 Å². The van der Waals surface area contributed by atoms with E-state index in [0.717, 1.165) is 19.3 Å². The molecule has 27 heavy (non-hydrogen) atoms. The Kier molecular flexibility index (Phi) is 5.58. The first-order valence-corrected chi connectivity index (χ1v) is 10.8. The van der Waals surface area contributed by atoms with Gasteiger partial charge in [0.25, 0.3) is 5.97 Å². The van der Waals surface area contributed by atoms with Gasteiger partial charge in [0.2, 0.25) is 0 Å². The molecule has 0 aromatic carbocycles. The number of aliphatic carboxylic acids is 1. The Balaban J connectivity index is 0.000000481. The van der Waals surface area contributed by atoms with Gasteiger partial charge >= 0.3 is 0 Å². The van der Waals surface area contributed by atoms with Gasteiger partial charge in [-0.25, -0.2) is 0 Å². The zero-order valence-electron chi connectivity index (χ0n) is 17.4. The molecule has 7 atom stereocenters. The van der Waals surface area contributed by atoms with Crippen molar-refractivity contribution >= 4 is 17.5 Å².